The molecular formula is C15H5F19O3S. The zero-order chi connectivity index (χ0) is 31.0. The summed E-state index contributed by atoms with van der Waals surface area (Å²) < 4.78 is 287. The van der Waals surface area contributed by atoms with Crippen molar-refractivity contribution in [1.29, 1.82) is 0 Å². The van der Waals surface area contributed by atoms with Gasteiger partial charge in [0.2, 0.25) is 0 Å². The van der Waals surface area contributed by atoms with Crippen LogP contribution < -0.4 is 0 Å². The zero-order valence-electron chi connectivity index (χ0n) is 16.7. The first kappa shape index (κ1) is 33.8. The van der Waals surface area contributed by atoms with Crippen LogP contribution in [0.1, 0.15) is 5.56 Å². The summed E-state index contributed by atoms with van der Waals surface area (Å²) in [5.74, 6) is -18.2. The van der Waals surface area contributed by atoms with Crippen LogP contribution in [0.5, 0.6) is 0 Å². The lowest BCUT2D eigenvalue weighted by atomic mass is 9.71. The molecule has 1 rings (SSSR count). The smallest absolute Gasteiger partial charge is 0.282 e. The first-order valence-corrected chi connectivity index (χ1v) is 9.82. The maximum Gasteiger partial charge on any atom is 0.437 e. The van der Waals surface area contributed by atoms with E-state index in [2.05, 4.69) is 0 Å². The van der Waals surface area contributed by atoms with Gasteiger partial charge in [0.25, 0.3) is 15.8 Å². The lowest BCUT2D eigenvalue weighted by molar-refractivity contribution is -0.474. The molecule has 38 heavy (non-hydrogen) atoms. The van der Waals surface area contributed by atoms with E-state index in [-0.39, 0.29) is 0 Å². The second-order valence-corrected chi connectivity index (χ2v) is 8.54. The predicted molar refractivity (Wildman–Crippen MR) is 80.8 cm³/mol. The van der Waals surface area contributed by atoms with Crippen molar-refractivity contribution in [3.05, 3.63) is 29.8 Å². The van der Waals surface area contributed by atoms with Gasteiger partial charge in [-0.1, -0.05) is 12.1 Å². The molecule has 0 bridgehead atoms. The van der Waals surface area contributed by atoms with Gasteiger partial charge in [0, 0.05) is 5.56 Å². The molecule has 0 aliphatic rings. The number of hydrogen-bond acceptors (Lipinski definition) is 2. The van der Waals surface area contributed by atoms with E-state index in [0.29, 0.717) is 0 Å². The van der Waals surface area contributed by atoms with Crippen molar-refractivity contribution >= 4 is 10.1 Å². The van der Waals surface area contributed by atoms with Gasteiger partial charge in [-0.2, -0.15) is 78.7 Å². The Hall–Kier alpha value is -2.20. The summed E-state index contributed by atoms with van der Waals surface area (Å²) in [6.07, 6.45) is -33.6. The largest absolute Gasteiger partial charge is 0.437 e. The first-order chi connectivity index (χ1) is 16.2. The summed E-state index contributed by atoms with van der Waals surface area (Å²) in [6.45, 7) is 0. The summed E-state index contributed by atoms with van der Waals surface area (Å²) in [4.78, 5) is -1.67. The van der Waals surface area contributed by atoms with Crippen LogP contribution in [-0.4, -0.2) is 60.9 Å². The quantitative estimate of drug-likeness (QED) is 0.273. The first-order valence-electron chi connectivity index (χ1n) is 8.38. The molecule has 1 N–H and O–H groups in total. The third-order valence-electron chi connectivity index (χ3n) is 4.84. The second kappa shape index (κ2) is 8.65. The maximum atomic E-state index is 14.9. The zero-order valence-corrected chi connectivity index (χ0v) is 17.5. The van der Waals surface area contributed by atoms with Crippen LogP contribution in [0.2, 0.25) is 0 Å². The number of hydrogen-bond donors (Lipinski definition) is 1. The van der Waals surface area contributed by atoms with Crippen molar-refractivity contribution in [2.24, 2.45) is 0 Å². The normalized spacial score (nSPS) is 18.6. The van der Waals surface area contributed by atoms with E-state index in [4.69, 9.17) is 4.55 Å². The molecule has 0 aliphatic heterocycles. The average Bonchev–Trinajstić information content (AvgIpc) is 2.67. The summed E-state index contributed by atoms with van der Waals surface area (Å²) in [6, 6.07) is -3.04. The molecule has 0 saturated carbocycles. The minimum absolute atomic E-state index is 0.544. The summed E-state index contributed by atoms with van der Waals surface area (Å²) in [5, 5.41) is 0. The van der Waals surface area contributed by atoms with Crippen molar-refractivity contribution < 1.29 is 96.4 Å². The molecule has 1 aromatic carbocycles. The van der Waals surface area contributed by atoms with Gasteiger partial charge in [-0.3, -0.25) is 4.55 Å². The molecule has 0 aromatic heterocycles. The highest BCUT2D eigenvalue weighted by Crippen LogP contribution is 2.69. The number of rotatable bonds is 6. The second-order valence-electron chi connectivity index (χ2n) is 7.11. The Morgan fingerprint density at radius 2 is 0.789 bits per heavy atom. The average molecular weight is 626 g/mol. The molecule has 0 radical (unpaired) electrons. The van der Waals surface area contributed by atoms with Crippen LogP contribution in [0, 0.1) is 0 Å². The van der Waals surface area contributed by atoms with Crippen LogP contribution in [0.3, 0.4) is 0 Å². The molecule has 2 atom stereocenters. The summed E-state index contributed by atoms with van der Waals surface area (Å²) in [7, 11) is -5.53. The molecule has 0 fully saturated rings. The SMILES string of the molecule is O=S(=O)(O)c1ccc(C(F)(C(F)(F)F)C(F)(F)C(F)(C(F)(F)F)C(F)(F)C(F)(C(F)(F)F)C(F)(F)F)cc1. The van der Waals surface area contributed by atoms with Gasteiger partial charge in [-0.05, 0) is 12.1 Å². The van der Waals surface area contributed by atoms with Crippen molar-refractivity contribution in [3.8, 4) is 0 Å². The summed E-state index contributed by atoms with van der Waals surface area (Å²) in [5.41, 5.74) is -29.2. The van der Waals surface area contributed by atoms with Gasteiger partial charge in [-0.25, -0.2) is 13.2 Å². The standard InChI is InChI=1S/C15H5F19O3S/c16-7(12(23,24)25,5-1-3-6(4-2-5)38(35,36)37)10(19,20)8(17,13(26,27)28)11(21,22)9(18,14(29,30)31)15(32,33)34/h1-4H,(H,35,36,37). The van der Waals surface area contributed by atoms with Crippen LogP contribution in [0.25, 0.3) is 0 Å². The Kier molecular flexibility index (Phi) is 7.70. The minimum Gasteiger partial charge on any atom is -0.282 e. The molecule has 0 amide bonds. The molecule has 2 unspecified atom stereocenters. The Morgan fingerprint density at radius 3 is 1.03 bits per heavy atom. The molecular weight excluding hydrogens is 621 g/mol. The van der Waals surface area contributed by atoms with Gasteiger partial charge >= 0.3 is 47.9 Å². The van der Waals surface area contributed by atoms with Crippen LogP contribution in [-0.2, 0) is 15.8 Å². The van der Waals surface area contributed by atoms with Gasteiger partial charge in [0.05, 0.1) is 4.90 Å². The highest BCUT2D eigenvalue weighted by molar-refractivity contribution is 7.85. The molecule has 0 spiro atoms. The van der Waals surface area contributed by atoms with Crippen LogP contribution >= 0.6 is 0 Å². The van der Waals surface area contributed by atoms with Gasteiger partial charge < -0.3 is 0 Å². The third-order valence-corrected chi connectivity index (χ3v) is 5.71. The van der Waals surface area contributed by atoms with Gasteiger partial charge in [0.15, 0.2) is 0 Å². The molecule has 0 heterocycles. The highest BCUT2D eigenvalue weighted by Gasteiger charge is 3.00. The minimum atomic E-state index is -9.35. The fourth-order valence-electron chi connectivity index (χ4n) is 2.92. The van der Waals surface area contributed by atoms with E-state index in [1.54, 1.807) is 0 Å². The van der Waals surface area contributed by atoms with Crippen molar-refractivity contribution in [2.45, 2.75) is 58.5 Å². The molecule has 23 heteroatoms. The van der Waals surface area contributed by atoms with Crippen molar-refractivity contribution in [2.75, 3.05) is 0 Å². The Balaban J connectivity index is 4.35. The van der Waals surface area contributed by atoms with E-state index >= 15 is 0 Å². The molecule has 0 saturated heterocycles. The molecule has 0 aliphatic carbocycles. The fourth-order valence-corrected chi connectivity index (χ4v) is 3.40. The Labute approximate surface area is 195 Å². The molecule has 3 nitrogen and oxygen atoms in total. The fraction of sp³-hybridized carbons (Fsp3) is 0.600. The van der Waals surface area contributed by atoms with Crippen molar-refractivity contribution in [3.63, 3.8) is 0 Å². The van der Waals surface area contributed by atoms with E-state index in [0.717, 1.165) is 0 Å². The third kappa shape index (κ3) is 4.31. The summed E-state index contributed by atoms with van der Waals surface area (Å²) >= 11 is 0. The predicted octanol–water partition coefficient (Wildman–Crippen LogP) is 7.03. The number of alkyl halides is 19. The lowest BCUT2D eigenvalue weighted by Gasteiger charge is -2.49. The van der Waals surface area contributed by atoms with E-state index < -0.39 is 98.4 Å². The topological polar surface area (TPSA) is 54.4 Å². The van der Waals surface area contributed by atoms with Crippen molar-refractivity contribution in [1.82, 2.24) is 0 Å². The molecule has 1 aromatic rings. The Bertz CT molecular complexity index is 1110. The van der Waals surface area contributed by atoms with E-state index in [1.165, 1.54) is 0 Å². The van der Waals surface area contributed by atoms with Crippen LogP contribution in [0.15, 0.2) is 29.2 Å². The van der Waals surface area contributed by atoms with E-state index in [1.807, 2.05) is 0 Å². The van der Waals surface area contributed by atoms with Crippen LogP contribution in [0.4, 0.5) is 83.4 Å². The number of benzene rings is 1. The number of halogens is 19. The highest BCUT2D eigenvalue weighted by atomic mass is 32.2. The van der Waals surface area contributed by atoms with Gasteiger partial charge in [-0.15, -0.1) is 0 Å². The molecule has 222 valence electrons. The monoisotopic (exact) mass is 626 g/mol. The van der Waals surface area contributed by atoms with Gasteiger partial charge in [0.1, 0.15) is 0 Å². The maximum absolute atomic E-state index is 14.9. The van der Waals surface area contributed by atoms with E-state index in [9.17, 15) is 91.8 Å². The lowest BCUT2D eigenvalue weighted by Crippen LogP contribution is -2.81. The Morgan fingerprint density at radius 1 is 0.474 bits per heavy atom.